The van der Waals surface area contributed by atoms with Crippen molar-refractivity contribution >= 4 is 0 Å². The average molecular weight is 242 g/mol. The van der Waals surface area contributed by atoms with Gasteiger partial charge in [0.05, 0.1) is 5.60 Å². The van der Waals surface area contributed by atoms with E-state index in [9.17, 15) is 5.11 Å². The molecule has 0 amide bonds. The number of piperidine rings is 1. The third-order valence-corrected chi connectivity index (χ3v) is 3.59. The number of nitrogens with one attached hydrogen (secondary N) is 1. The average Bonchev–Trinajstić information content (AvgIpc) is 2.13. The van der Waals surface area contributed by atoms with Gasteiger partial charge in [0.1, 0.15) is 0 Å². The number of rotatable bonds is 2. The van der Waals surface area contributed by atoms with Gasteiger partial charge in [0.25, 0.3) is 0 Å². The Morgan fingerprint density at radius 2 is 1.53 bits per heavy atom. The monoisotopic (exact) mass is 242 g/mol. The Balaban J connectivity index is 2.44. The molecule has 0 aromatic rings. The van der Waals surface area contributed by atoms with E-state index in [1.807, 2.05) is 0 Å². The maximum absolute atomic E-state index is 10.5. The van der Waals surface area contributed by atoms with Gasteiger partial charge in [-0.25, -0.2) is 0 Å². The summed E-state index contributed by atoms with van der Waals surface area (Å²) in [6.07, 6.45) is 1.74. The highest BCUT2D eigenvalue weighted by atomic mass is 16.3. The first-order chi connectivity index (χ1) is 7.52. The Morgan fingerprint density at radius 1 is 1.06 bits per heavy atom. The quantitative estimate of drug-likeness (QED) is 0.777. The normalized spacial score (nSPS) is 22.8. The summed E-state index contributed by atoms with van der Waals surface area (Å²) in [6, 6.07) is 0. The van der Waals surface area contributed by atoms with E-state index in [2.05, 4.69) is 51.8 Å². The molecule has 17 heavy (non-hydrogen) atoms. The molecular formula is C14H30N2O. The highest BCUT2D eigenvalue weighted by Crippen LogP contribution is 2.26. The van der Waals surface area contributed by atoms with Gasteiger partial charge in [-0.1, -0.05) is 0 Å². The summed E-state index contributed by atoms with van der Waals surface area (Å²) in [4.78, 5) is 2.46. The lowest BCUT2D eigenvalue weighted by molar-refractivity contribution is -0.0431. The van der Waals surface area contributed by atoms with E-state index < -0.39 is 5.60 Å². The largest absolute Gasteiger partial charge is 0.388 e. The molecule has 102 valence electrons. The van der Waals surface area contributed by atoms with Crippen molar-refractivity contribution in [3.8, 4) is 0 Å². The summed E-state index contributed by atoms with van der Waals surface area (Å²) in [5, 5.41) is 13.9. The molecule has 0 saturated carbocycles. The van der Waals surface area contributed by atoms with Crippen LogP contribution in [0, 0.1) is 0 Å². The summed E-state index contributed by atoms with van der Waals surface area (Å²) in [7, 11) is 0. The number of hydrogen-bond donors (Lipinski definition) is 2. The van der Waals surface area contributed by atoms with Crippen LogP contribution in [-0.4, -0.2) is 46.3 Å². The van der Waals surface area contributed by atoms with Crippen molar-refractivity contribution < 1.29 is 5.11 Å². The number of hydrogen-bond acceptors (Lipinski definition) is 3. The van der Waals surface area contributed by atoms with Crippen molar-refractivity contribution in [1.82, 2.24) is 10.2 Å². The molecule has 3 nitrogen and oxygen atoms in total. The summed E-state index contributed by atoms with van der Waals surface area (Å²) in [5.41, 5.74) is -0.218. The fourth-order valence-electron chi connectivity index (χ4n) is 2.20. The maximum Gasteiger partial charge on any atom is 0.0796 e. The van der Waals surface area contributed by atoms with Gasteiger partial charge in [-0.3, -0.25) is 4.90 Å². The SMILES string of the molecule is CC(C)(C)NCC1(O)CCN(C(C)(C)C)CC1. The van der Waals surface area contributed by atoms with E-state index in [0.29, 0.717) is 6.54 Å². The number of likely N-dealkylation sites (tertiary alicyclic amines) is 1. The van der Waals surface area contributed by atoms with Gasteiger partial charge < -0.3 is 10.4 Å². The molecule has 0 spiro atoms. The topological polar surface area (TPSA) is 35.5 Å². The van der Waals surface area contributed by atoms with Crippen LogP contribution in [0.15, 0.2) is 0 Å². The highest BCUT2D eigenvalue weighted by Gasteiger charge is 2.36. The smallest absolute Gasteiger partial charge is 0.0796 e. The Bertz CT molecular complexity index is 242. The zero-order valence-electron chi connectivity index (χ0n) is 12.4. The van der Waals surface area contributed by atoms with E-state index in [0.717, 1.165) is 25.9 Å². The first kappa shape index (κ1) is 14.9. The van der Waals surface area contributed by atoms with Crippen molar-refractivity contribution in [1.29, 1.82) is 0 Å². The minimum atomic E-state index is -0.519. The third-order valence-electron chi connectivity index (χ3n) is 3.59. The van der Waals surface area contributed by atoms with Crippen LogP contribution in [0.4, 0.5) is 0 Å². The van der Waals surface area contributed by atoms with Crippen LogP contribution in [-0.2, 0) is 0 Å². The maximum atomic E-state index is 10.5. The lowest BCUT2D eigenvalue weighted by Crippen LogP contribution is -2.56. The van der Waals surface area contributed by atoms with Crippen molar-refractivity contribution in [3.05, 3.63) is 0 Å². The van der Waals surface area contributed by atoms with E-state index >= 15 is 0 Å². The summed E-state index contributed by atoms with van der Waals surface area (Å²) in [5.74, 6) is 0. The second kappa shape index (κ2) is 4.87. The van der Waals surface area contributed by atoms with Crippen LogP contribution in [0.5, 0.6) is 0 Å². The lowest BCUT2D eigenvalue weighted by Gasteiger charge is -2.45. The predicted molar refractivity (Wildman–Crippen MR) is 73.3 cm³/mol. The molecule has 0 radical (unpaired) electrons. The molecule has 0 aliphatic carbocycles. The Labute approximate surface area is 107 Å². The van der Waals surface area contributed by atoms with Gasteiger partial charge in [-0.2, -0.15) is 0 Å². The number of nitrogens with zero attached hydrogens (tertiary/aromatic N) is 1. The van der Waals surface area contributed by atoms with Crippen molar-refractivity contribution in [2.24, 2.45) is 0 Å². The van der Waals surface area contributed by atoms with Gasteiger partial charge in [-0.05, 0) is 54.4 Å². The molecule has 3 heteroatoms. The van der Waals surface area contributed by atoms with Crippen molar-refractivity contribution in [2.75, 3.05) is 19.6 Å². The van der Waals surface area contributed by atoms with E-state index in [-0.39, 0.29) is 11.1 Å². The van der Waals surface area contributed by atoms with Crippen LogP contribution in [0.1, 0.15) is 54.4 Å². The predicted octanol–water partition coefficient (Wildman–Crippen LogP) is 2.00. The minimum Gasteiger partial charge on any atom is -0.388 e. The first-order valence-electron chi connectivity index (χ1n) is 6.74. The molecule has 1 fully saturated rings. The second-order valence-corrected chi connectivity index (χ2v) is 7.49. The summed E-state index contributed by atoms with van der Waals surface area (Å²) < 4.78 is 0. The van der Waals surface area contributed by atoms with Crippen LogP contribution in [0.2, 0.25) is 0 Å². The molecule has 2 N–H and O–H groups in total. The van der Waals surface area contributed by atoms with Crippen molar-refractivity contribution in [2.45, 2.75) is 71.1 Å². The van der Waals surface area contributed by atoms with Crippen LogP contribution in [0.25, 0.3) is 0 Å². The molecule has 0 aromatic carbocycles. The van der Waals surface area contributed by atoms with Crippen LogP contribution in [0.3, 0.4) is 0 Å². The third kappa shape index (κ3) is 4.94. The fourth-order valence-corrected chi connectivity index (χ4v) is 2.20. The van der Waals surface area contributed by atoms with Crippen LogP contribution < -0.4 is 5.32 Å². The van der Waals surface area contributed by atoms with Gasteiger partial charge in [0.15, 0.2) is 0 Å². The van der Waals surface area contributed by atoms with E-state index in [4.69, 9.17) is 0 Å². The molecule has 0 bridgehead atoms. The first-order valence-corrected chi connectivity index (χ1v) is 6.74. The molecule has 1 heterocycles. The second-order valence-electron chi connectivity index (χ2n) is 7.49. The Morgan fingerprint density at radius 3 is 1.88 bits per heavy atom. The molecule has 1 saturated heterocycles. The van der Waals surface area contributed by atoms with E-state index in [1.165, 1.54) is 0 Å². The van der Waals surface area contributed by atoms with Crippen molar-refractivity contribution in [3.63, 3.8) is 0 Å². The lowest BCUT2D eigenvalue weighted by atomic mass is 9.88. The van der Waals surface area contributed by atoms with Crippen LogP contribution >= 0.6 is 0 Å². The molecule has 0 atom stereocenters. The standard InChI is InChI=1S/C14H30N2O/c1-12(2,3)15-11-14(17)7-9-16(10-8-14)13(4,5)6/h15,17H,7-11H2,1-6H3. The molecular weight excluding hydrogens is 212 g/mol. The Hall–Kier alpha value is -0.120. The molecule has 0 aromatic heterocycles. The highest BCUT2D eigenvalue weighted by molar-refractivity contribution is 4.92. The number of β-amino-alcohol motifs (C(OH)–C–C–N with tert-alkyl or cyclic N) is 1. The van der Waals surface area contributed by atoms with Gasteiger partial charge >= 0.3 is 0 Å². The summed E-state index contributed by atoms with van der Waals surface area (Å²) in [6.45, 7) is 15.8. The van der Waals surface area contributed by atoms with Gasteiger partial charge in [-0.15, -0.1) is 0 Å². The zero-order chi connectivity index (χ0) is 13.3. The molecule has 1 rings (SSSR count). The molecule has 0 unspecified atom stereocenters. The van der Waals surface area contributed by atoms with Gasteiger partial charge in [0, 0.05) is 30.7 Å². The zero-order valence-corrected chi connectivity index (χ0v) is 12.4. The Kier molecular flexibility index (Phi) is 4.28. The fraction of sp³-hybridized carbons (Fsp3) is 1.00. The minimum absolute atomic E-state index is 0.0802. The van der Waals surface area contributed by atoms with E-state index in [1.54, 1.807) is 0 Å². The molecule has 1 aliphatic rings. The molecule has 1 aliphatic heterocycles. The number of aliphatic hydroxyl groups is 1. The summed E-state index contributed by atoms with van der Waals surface area (Å²) >= 11 is 0. The van der Waals surface area contributed by atoms with Gasteiger partial charge in [0.2, 0.25) is 0 Å².